The van der Waals surface area contributed by atoms with Crippen LogP contribution in [0, 0.1) is 0 Å². The Kier molecular flexibility index (Phi) is 2.56. The second kappa shape index (κ2) is 3.01. The molecule has 2 heteroatoms. The molecule has 0 saturated carbocycles. The maximum absolute atomic E-state index is 2.54. The van der Waals surface area contributed by atoms with Crippen LogP contribution in [0.1, 0.15) is 19.8 Å². The quantitative estimate of drug-likeness (QED) is 0.458. The van der Waals surface area contributed by atoms with E-state index in [0.717, 1.165) is 9.97 Å². The molecule has 0 aromatic carbocycles. The summed E-state index contributed by atoms with van der Waals surface area (Å²) in [6.07, 6.45) is 2.84. The number of quaternary nitrogens is 1. The van der Waals surface area contributed by atoms with Crippen LogP contribution in [0.3, 0.4) is 0 Å². The maximum atomic E-state index is 2.54. The zero-order valence-corrected chi connectivity index (χ0v) is 7.39. The number of rotatable bonds is 0. The molecule has 48 valence electrons. The maximum Gasteiger partial charge on any atom is 0.0876 e. The smallest absolute Gasteiger partial charge is 0.0876 e. The molecule has 0 radical (unpaired) electrons. The Balaban J connectivity index is 2.19. The van der Waals surface area contributed by atoms with Crippen molar-refractivity contribution in [1.82, 2.24) is 0 Å². The number of hydrogen-bond donors (Lipinski definition) is 1. The lowest BCUT2D eigenvalue weighted by Crippen LogP contribution is -2.92. The molecule has 1 nitrogen and oxygen atoms in total. The molecule has 0 aromatic rings. The fourth-order valence-corrected chi connectivity index (χ4v) is 1.71. The molecular weight excluding hydrogens is 213 g/mol. The molecule has 0 amide bonds. The Morgan fingerprint density at radius 1 is 1.50 bits per heavy atom. The van der Waals surface area contributed by atoms with E-state index in [9.17, 15) is 0 Å². The molecule has 8 heavy (non-hydrogen) atoms. The van der Waals surface area contributed by atoms with Crippen molar-refractivity contribution in [1.29, 1.82) is 0 Å². The molecule has 1 saturated heterocycles. The zero-order chi connectivity index (χ0) is 5.98. The van der Waals surface area contributed by atoms with Crippen LogP contribution in [0.2, 0.25) is 0 Å². The Morgan fingerprint density at radius 3 is 2.62 bits per heavy atom. The summed E-state index contributed by atoms with van der Waals surface area (Å²) in [5.41, 5.74) is 0. The molecule has 1 rings (SSSR count). The summed E-state index contributed by atoms with van der Waals surface area (Å²) in [7, 11) is 0. The van der Waals surface area contributed by atoms with Crippen LogP contribution in [0.15, 0.2) is 0 Å². The first-order valence-corrected chi connectivity index (χ1v) is 4.51. The molecule has 2 N–H and O–H groups in total. The van der Waals surface area contributed by atoms with Crippen molar-refractivity contribution in [3.05, 3.63) is 0 Å². The van der Waals surface area contributed by atoms with Gasteiger partial charge in [0.15, 0.2) is 0 Å². The normalized spacial score (nSPS) is 39.8. The highest BCUT2D eigenvalue weighted by Gasteiger charge is 2.17. The van der Waals surface area contributed by atoms with E-state index in [1.54, 1.807) is 0 Å². The van der Waals surface area contributed by atoms with Crippen molar-refractivity contribution < 1.29 is 5.32 Å². The molecule has 0 aliphatic carbocycles. The third-order valence-electron chi connectivity index (χ3n) is 1.73. The van der Waals surface area contributed by atoms with E-state index in [-0.39, 0.29) is 0 Å². The van der Waals surface area contributed by atoms with Crippen LogP contribution < -0.4 is 5.32 Å². The molecule has 2 atom stereocenters. The molecule has 1 fully saturated rings. The minimum atomic E-state index is 0.890. The largest absolute Gasteiger partial charge is 0.343 e. The van der Waals surface area contributed by atoms with E-state index in [0.29, 0.717) is 0 Å². The van der Waals surface area contributed by atoms with Crippen molar-refractivity contribution in [2.75, 3.05) is 6.54 Å². The van der Waals surface area contributed by atoms with Gasteiger partial charge in [0.05, 0.1) is 16.5 Å². The van der Waals surface area contributed by atoms with Crippen molar-refractivity contribution >= 4 is 22.6 Å². The van der Waals surface area contributed by atoms with Crippen LogP contribution >= 0.6 is 22.6 Å². The summed E-state index contributed by atoms with van der Waals surface area (Å²) in [5, 5.41) is 2.45. The predicted octanol–water partition coefficient (Wildman–Crippen LogP) is 0.536. The second-order valence-corrected chi connectivity index (χ2v) is 4.38. The average molecular weight is 226 g/mol. The highest BCUT2D eigenvalue weighted by molar-refractivity contribution is 14.1. The highest BCUT2D eigenvalue weighted by atomic mass is 127. The van der Waals surface area contributed by atoms with Gasteiger partial charge in [-0.3, -0.25) is 0 Å². The van der Waals surface area contributed by atoms with Gasteiger partial charge in [-0.2, -0.15) is 0 Å². The molecule has 1 heterocycles. The van der Waals surface area contributed by atoms with E-state index in [2.05, 4.69) is 34.8 Å². The van der Waals surface area contributed by atoms with Gasteiger partial charge in [0.2, 0.25) is 0 Å². The topological polar surface area (TPSA) is 16.6 Å². The van der Waals surface area contributed by atoms with E-state index in [1.807, 2.05) is 0 Å². The van der Waals surface area contributed by atoms with E-state index in [4.69, 9.17) is 0 Å². The van der Waals surface area contributed by atoms with Crippen LogP contribution in [-0.2, 0) is 0 Å². The molecule has 0 spiro atoms. The fraction of sp³-hybridized carbons (Fsp3) is 1.00. The van der Waals surface area contributed by atoms with Gasteiger partial charge in [0.1, 0.15) is 0 Å². The van der Waals surface area contributed by atoms with E-state index in [1.165, 1.54) is 19.4 Å². The summed E-state index contributed by atoms with van der Waals surface area (Å²) in [6, 6.07) is 0.890. The van der Waals surface area contributed by atoms with E-state index >= 15 is 0 Å². The van der Waals surface area contributed by atoms with Crippen LogP contribution in [0.4, 0.5) is 0 Å². The SMILES string of the molecule is C[C@H]1CC[C@H](I)C[NH2+]1. The van der Waals surface area contributed by atoms with Crippen molar-refractivity contribution in [2.24, 2.45) is 0 Å². The third-order valence-corrected chi connectivity index (χ3v) is 2.86. The Morgan fingerprint density at radius 2 is 2.25 bits per heavy atom. The molecule has 0 unspecified atom stereocenters. The summed E-state index contributed by atoms with van der Waals surface area (Å²) in [5.74, 6) is 0. The number of halogens is 1. The Labute approximate surface area is 64.4 Å². The molecule has 0 bridgehead atoms. The average Bonchev–Trinajstić information content (AvgIpc) is 1.77. The lowest BCUT2D eigenvalue weighted by molar-refractivity contribution is -0.692. The van der Waals surface area contributed by atoms with Gasteiger partial charge in [-0.05, 0) is 13.3 Å². The Bertz CT molecular complexity index is 56.9. The first kappa shape index (κ1) is 6.81. The van der Waals surface area contributed by atoms with Crippen molar-refractivity contribution in [3.63, 3.8) is 0 Å². The van der Waals surface area contributed by atoms with Gasteiger partial charge in [-0.25, -0.2) is 0 Å². The zero-order valence-electron chi connectivity index (χ0n) is 5.23. The molecular formula is C6H13IN+. The van der Waals surface area contributed by atoms with Gasteiger partial charge in [0, 0.05) is 6.42 Å². The first-order chi connectivity index (χ1) is 3.79. The molecule has 0 aromatic heterocycles. The van der Waals surface area contributed by atoms with Crippen LogP contribution in [-0.4, -0.2) is 16.5 Å². The minimum absolute atomic E-state index is 0.890. The third kappa shape index (κ3) is 1.90. The highest BCUT2D eigenvalue weighted by Crippen LogP contribution is 2.10. The van der Waals surface area contributed by atoms with Gasteiger partial charge >= 0.3 is 0 Å². The van der Waals surface area contributed by atoms with Gasteiger partial charge in [-0.1, -0.05) is 22.6 Å². The minimum Gasteiger partial charge on any atom is -0.343 e. The predicted molar refractivity (Wildman–Crippen MR) is 43.3 cm³/mol. The Hall–Kier alpha value is 0.690. The van der Waals surface area contributed by atoms with Crippen molar-refractivity contribution in [2.45, 2.75) is 29.7 Å². The van der Waals surface area contributed by atoms with Gasteiger partial charge < -0.3 is 5.32 Å². The van der Waals surface area contributed by atoms with E-state index < -0.39 is 0 Å². The number of piperidine rings is 1. The second-order valence-electron chi connectivity index (χ2n) is 2.62. The lowest BCUT2D eigenvalue weighted by atomic mass is 10.1. The van der Waals surface area contributed by atoms with Crippen molar-refractivity contribution in [3.8, 4) is 0 Å². The van der Waals surface area contributed by atoms with Gasteiger partial charge in [-0.15, -0.1) is 0 Å². The first-order valence-electron chi connectivity index (χ1n) is 3.26. The van der Waals surface area contributed by atoms with Crippen LogP contribution in [0.25, 0.3) is 0 Å². The fourth-order valence-electron chi connectivity index (χ4n) is 1.06. The number of alkyl halides is 1. The number of hydrogen-bond acceptors (Lipinski definition) is 0. The summed E-state index contributed by atoms with van der Waals surface area (Å²) >= 11 is 2.54. The molecule has 1 aliphatic heterocycles. The summed E-state index contributed by atoms with van der Waals surface area (Å²) in [6.45, 7) is 3.64. The number of nitrogens with two attached hydrogens (primary N) is 1. The molecule has 1 aliphatic rings. The van der Waals surface area contributed by atoms with Crippen LogP contribution in [0.5, 0.6) is 0 Å². The summed E-state index contributed by atoms with van der Waals surface area (Å²) < 4.78 is 0.934. The lowest BCUT2D eigenvalue weighted by Gasteiger charge is -2.19. The monoisotopic (exact) mass is 226 g/mol. The standard InChI is InChI=1S/C6H12IN/c1-5-2-3-6(7)4-8-5/h5-6,8H,2-4H2,1H3/p+1/t5-,6-/m0/s1. The van der Waals surface area contributed by atoms with Gasteiger partial charge in [0.25, 0.3) is 0 Å². The summed E-state index contributed by atoms with van der Waals surface area (Å²) in [4.78, 5) is 0.